The molecular weight excluding hydrogens is 436 g/mol. The number of hydrogen-bond donors (Lipinski definition) is 2. The lowest BCUT2D eigenvalue weighted by Crippen LogP contribution is -2.43. The predicted octanol–water partition coefficient (Wildman–Crippen LogP) is 3.76. The molecule has 164 valence electrons. The molecule has 3 aromatic rings. The molecule has 2 amide bonds. The van der Waals surface area contributed by atoms with Crippen LogP contribution in [0.3, 0.4) is 0 Å². The minimum atomic E-state index is -0.755. The van der Waals surface area contributed by atoms with Gasteiger partial charge in [-0.3, -0.25) is 20.4 Å². The standard InChI is InChI=1S/C23H19ClN2O6/c1-30-19-12-11-15(24)13-18(19)22(28)26-25-21(27)14-31-23(29)17-9-5-6-10-20(17)32-16-7-3-2-4-8-16/h2-13H,14H2,1H3,(H,25,27)(H,26,28). The number of carbonyl (C=O) groups is 3. The third kappa shape index (κ3) is 5.99. The monoisotopic (exact) mass is 454 g/mol. The van der Waals surface area contributed by atoms with E-state index < -0.39 is 24.4 Å². The SMILES string of the molecule is COc1ccc(Cl)cc1C(=O)NNC(=O)COC(=O)c1ccccc1Oc1ccccc1. The van der Waals surface area contributed by atoms with E-state index in [1.807, 2.05) is 6.07 Å². The summed E-state index contributed by atoms with van der Waals surface area (Å²) in [6, 6.07) is 19.9. The smallest absolute Gasteiger partial charge is 0.342 e. The van der Waals surface area contributed by atoms with Crippen LogP contribution < -0.4 is 20.3 Å². The molecule has 3 rings (SSSR count). The highest BCUT2D eigenvalue weighted by molar-refractivity contribution is 6.31. The molecule has 0 atom stereocenters. The maximum atomic E-state index is 12.4. The van der Waals surface area contributed by atoms with Crippen LogP contribution in [0.15, 0.2) is 72.8 Å². The van der Waals surface area contributed by atoms with Crippen LogP contribution >= 0.6 is 11.6 Å². The molecule has 0 unspecified atom stereocenters. The number of esters is 1. The Bertz CT molecular complexity index is 1120. The molecule has 8 nitrogen and oxygen atoms in total. The van der Waals surface area contributed by atoms with Gasteiger partial charge in [-0.25, -0.2) is 4.79 Å². The highest BCUT2D eigenvalue weighted by atomic mass is 35.5. The van der Waals surface area contributed by atoms with Crippen molar-refractivity contribution in [3.63, 3.8) is 0 Å². The summed E-state index contributed by atoms with van der Waals surface area (Å²) in [5.41, 5.74) is 4.66. The molecule has 0 aliphatic rings. The van der Waals surface area contributed by atoms with Crippen LogP contribution in [0.5, 0.6) is 17.2 Å². The second-order valence-electron chi connectivity index (χ2n) is 6.33. The number of benzene rings is 3. The highest BCUT2D eigenvalue weighted by Crippen LogP contribution is 2.25. The van der Waals surface area contributed by atoms with Gasteiger partial charge >= 0.3 is 5.97 Å². The zero-order valence-electron chi connectivity index (χ0n) is 17.0. The molecule has 0 spiro atoms. The van der Waals surface area contributed by atoms with E-state index in [9.17, 15) is 14.4 Å². The number of carbonyl (C=O) groups excluding carboxylic acids is 3. The number of hydrogen-bond acceptors (Lipinski definition) is 6. The van der Waals surface area contributed by atoms with Crippen LogP contribution in [0.1, 0.15) is 20.7 Å². The minimum Gasteiger partial charge on any atom is -0.496 e. The van der Waals surface area contributed by atoms with Crippen LogP contribution in [0.2, 0.25) is 5.02 Å². The van der Waals surface area contributed by atoms with Gasteiger partial charge in [0.05, 0.1) is 12.7 Å². The molecule has 32 heavy (non-hydrogen) atoms. The van der Waals surface area contributed by atoms with Gasteiger partial charge in [0, 0.05) is 5.02 Å². The third-order valence-corrected chi connectivity index (χ3v) is 4.37. The molecule has 3 aromatic carbocycles. The van der Waals surface area contributed by atoms with Crippen molar-refractivity contribution in [2.75, 3.05) is 13.7 Å². The minimum absolute atomic E-state index is 0.129. The molecule has 0 aliphatic heterocycles. The predicted molar refractivity (Wildman–Crippen MR) is 117 cm³/mol. The van der Waals surface area contributed by atoms with E-state index in [-0.39, 0.29) is 22.6 Å². The van der Waals surface area contributed by atoms with Gasteiger partial charge in [0.25, 0.3) is 11.8 Å². The first kappa shape index (κ1) is 22.6. The Morgan fingerprint density at radius 2 is 1.56 bits per heavy atom. The van der Waals surface area contributed by atoms with Crippen molar-refractivity contribution in [3.8, 4) is 17.2 Å². The Morgan fingerprint density at radius 3 is 2.31 bits per heavy atom. The number of ether oxygens (including phenoxy) is 3. The number of methoxy groups -OCH3 is 1. The molecule has 0 heterocycles. The van der Waals surface area contributed by atoms with E-state index in [0.717, 1.165) is 0 Å². The molecule has 9 heteroatoms. The van der Waals surface area contributed by atoms with Crippen molar-refractivity contribution >= 4 is 29.4 Å². The fourth-order valence-corrected chi connectivity index (χ4v) is 2.81. The van der Waals surface area contributed by atoms with Crippen LogP contribution in [0.4, 0.5) is 0 Å². The van der Waals surface area contributed by atoms with Crippen molar-refractivity contribution in [1.82, 2.24) is 10.9 Å². The first-order valence-electron chi connectivity index (χ1n) is 9.39. The summed E-state index contributed by atoms with van der Waals surface area (Å²) in [6.07, 6.45) is 0. The number of para-hydroxylation sites is 2. The summed E-state index contributed by atoms with van der Waals surface area (Å²) in [4.78, 5) is 36.7. The third-order valence-electron chi connectivity index (χ3n) is 4.13. The van der Waals surface area contributed by atoms with Crippen molar-refractivity contribution in [2.45, 2.75) is 0 Å². The zero-order valence-corrected chi connectivity index (χ0v) is 17.7. The first-order valence-corrected chi connectivity index (χ1v) is 9.77. The van der Waals surface area contributed by atoms with Gasteiger partial charge in [-0.05, 0) is 42.5 Å². The second-order valence-corrected chi connectivity index (χ2v) is 6.77. The fraction of sp³-hybridized carbons (Fsp3) is 0.0870. The maximum Gasteiger partial charge on any atom is 0.342 e. The number of halogens is 1. The quantitative estimate of drug-likeness (QED) is 0.416. The van der Waals surface area contributed by atoms with Crippen molar-refractivity contribution in [3.05, 3.63) is 88.9 Å². The van der Waals surface area contributed by atoms with E-state index >= 15 is 0 Å². The van der Waals surface area contributed by atoms with E-state index in [4.69, 9.17) is 25.8 Å². The van der Waals surface area contributed by atoms with E-state index in [0.29, 0.717) is 10.8 Å². The summed E-state index contributed by atoms with van der Waals surface area (Å²) < 4.78 is 15.9. The number of rotatable bonds is 7. The van der Waals surface area contributed by atoms with Crippen LogP contribution in [0.25, 0.3) is 0 Å². The molecule has 0 saturated heterocycles. The number of amides is 2. The van der Waals surface area contributed by atoms with Crippen molar-refractivity contribution in [1.29, 1.82) is 0 Å². The zero-order chi connectivity index (χ0) is 22.9. The molecule has 0 fully saturated rings. The lowest BCUT2D eigenvalue weighted by atomic mass is 10.2. The topological polar surface area (TPSA) is 103 Å². The van der Waals surface area contributed by atoms with Gasteiger partial charge in [0.2, 0.25) is 0 Å². The average molecular weight is 455 g/mol. The Morgan fingerprint density at radius 1 is 0.844 bits per heavy atom. The van der Waals surface area contributed by atoms with Gasteiger partial charge in [-0.2, -0.15) is 0 Å². The molecule has 0 aliphatic carbocycles. The van der Waals surface area contributed by atoms with Gasteiger partial charge in [-0.15, -0.1) is 0 Å². The summed E-state index contributed by atoms with van der Waals surface area (Å²) >= 11 is 5.90. The molecular formula is C23H19ClN2O6. The van der Waals surface area contributed by atoms with E-state index in [1.54, 1.807) is 48.5 Å². The Balaban J connectivity index is 1.55. The second kappa shape index (κ2) is 10.8. The molecule has 2 N–H and O–H groups in total. The van der Waals surface area contributed by atoms with Crippen molar-refractivity contribution in [2.24, 2.45) is 0 Å². The summed E-state index contributed by atoms with van der Waals surface area (Å²) in [7, 11) is 1.40. The number of hydrazine groups is 1. The Hall–Kier alpha value is -4.04. The molecule has 0 bridgehead atoms. The van der Waals surface area contributed by atoms with E-state index in [2.05, 4.69) is 10.9 Å². The average Bonchev–Trinajstić information content (AvgIpc) is 2.82. The summed E-state index contributed by atoms with van der Waals surface area (Å²) in [6.45, 7) is -0.620. The van der Waals surface area contributed by atoms with Crippen LogP contribution in [0, 0.1) is 0 Å². The van der Waals surface area contributed by atoms with Crippen LogP contribution in [-0.4, -0.2) is 31.5 Å². The van der Waals surface area contributed by atoms with E-state index in [1.165, 1.54) is 25.3 Å². The first-order chi connectivity index (χ1) is 15.5. The Labute approximate surface area is 189 Å². The molecule has 0 aromatic heterocycles. The normalized spacial score (nSPS) is 10.1. The summed E-state index contributed by atoms with van der Waals surface area (Å²) in [5.74, 6) is -1.04. The fourth-order valence-electron chi connectivity index (χ4n) is 2.64. The van der Waals surface area contributed by atoms with Gasteiger partial charge < -0.3 is 14.2 Å². The lowest BCUT2D eigenvalue weighted by Gasteiger charge is -2.12. The largest absolute Gasteiger partial charge is 0.496 e. The molecule has 0 radical (unpaired) electrons. The Kier molecular flexibility index (Phi) is 7.66. The van der Waals surface area contributed by atoms with Gasteiger partial charge in [0.1, 0.15) is 22.8 Å². The van der Waals surface area contributed by atoms with Crippen LogP contribution in [-0.2, 0) is 9.53 Å². The number of nitrogens with one attached hydrogen (secondary N) is 2. The molecule has 0 saturated carbocycles. The highest BCUT2D eigenvalue weighted by Gasteiger charge is 2.17. The van der Waals surface area contributed by atoms with Gasteiger partial charge in [0.15, 0.2) is 6.61 Å². The van der Waals surface area contributed by atoms with Gasteiger partial charge in [-0.1, -0.05) is 41.9 Å². The van der Waals surface area contributed by atoms with Crippen molar-refractivity contribution < 1.29 is 28.6 Å². The lowest BCUT2D eigenvalue weighted by molar-refractivity contribution is -0.125. The maximum absolute atomic E-state index is 12.4. The summed E-state index contributed by atoms with van der Waals surface area (Å²) in [5, 5.41) is 0.326.